The molecule has 90 valence electrons. The summed E-state index contributed by atoms with van der Waals surface area (Å²) < 4.78 is 0. The van der Waals surface area contributed by atoms with Crippen LogP contribution in [0, 0.1) is 17.3 Å². The minimum atomic E-state index is 0.388. The minimum absolute atomic E-state index is 0.388. The topological polar surface area (TPSA) is 17.1 Å². The number of allylic oxidation sites excluding steroid dienone is 2. The predicted molar refractivity (Wildman–Crippen MR) is 67.2 cm³/mol. The first-order chi connectivity index (χ1) is 7.45. The van der Waals surface area contributed by atoms with Gasteiger partial charge in [0.25, 0.3) is 0 Å². The molecule has 0 radical (unpaired) electrons. The van der Waals surface area contributed by atoms with E-state index in [0.717, 1.165) is 24.3 Å². The number of fused-ring (bicyclic) bond motifs is 1. The fraction of sp³-hybridized carbons (Fsp3) is 0.800. The second-order valence-corrected chi connectivity index (χ2v) is 6.32. The summed E-state index contributed by atoms with van der Waals surface area (Å²) in [5.41, 5.74) is 2.76. The van der Waals surface area contributed by atoms with Crippen LogP contribution in [0.5, 0.6) is 0 Å². The Kier molecular flexibility index (Phi) is 2.98. The van der Waals surface area contributed by atoms with E-state index >= 15 is 0 Å². The number of carbonyl (C=O) groups excluding carboxylic acids is 1. The molecule has 0 bridgehead atoms. The van der Waals surface area contributed by atoms with Gasteiger partial charge in [0, 0.05) is 6.42 Å². The lowest BCUT2D eigenvalue weighted by atomic mass is 9.54. The molecule has 2 rings (SSSR count). The molecule has 0 aliphatic heterocycles. The Morgan fingerprint density at radius 3 is 2.62 bits per heavy atom. The first-order valence-corrected chi connectivity index (χ1v) is 6.64. The molecule has 1 nitrogen and oxygen atoms in total. The number of hydrogen-bond acceptors (Lipinski definition) is 1. The highest BCUT2D eigenvalue weighted by Crippen LogP contribution is 2.53. The summed E-state index contributed by atoms with van der Waals surface area (Å²) in [5, 5.41) is 0. The van der Waals surface area contributed by atoms with Crippen LogP contribution >= 0.6 is 0 Å². The molecule has 2 aliphatic rings. The Hall–Kier alpha value is -0.590. The molecule has 0 N–H and O–H groups in total. The van der Waals surface area contributed by atoms with Crippen LogP contribution < -0.4 is 0 Å². The number of hydrogen-bond donors (Lipinski definition) is 0. The SMILES string of the molecule is CC(C)=C1C[C@@]2(C)[C@H](CCC[C@@H]2C)CC1=O. The van der Waals surface area contributed by atoms with E-state index in [2.05, 4.69) is 27.7 Å². The average molecular weight is 220 g/mol. The van der Waals surface area contributed by atoms with Gasteiger partial charge >= 0.3 is 0 Å². The molecular formula is C15H24O. The zero-order valence-electron chi connectivity index (χ0n) is 11.1. The van der Waals surface area contributed by atoms with Crippen molar-refractivity contribution in [2.45, 2.75) is 59.8 Å². The van der Waals surface area contributed by atoms with Crippen LogP contribution in [0.3, 0.4) is 0 Å². The van der Waals surface area contributed by atoms with Crippen molar-refractivity contribution in [3.8, 4) is 0 Å². The maximum atomic E-state index is 12.1. The standard InChI is InChI=1S/C15H24O/c1-10(2)13-9-15(4)11(3)6-5-7-12(15)8-14(13)16/h11-12H,5-9H2,1-4H3/t11-,12+,15+/m0/s1. The fourth-order valence-corrected chi connectivity index (χ4v) is 3.67. The first kappa shape index (κ1) is 11.9. The van der Waals surface area contributed by atoms with Gasteiger partial charge in [-0.3, -0.25) is 4.79 Å². The van der Waals surface area contributed by atoms with E-state index in [9.17, 15) is 4.79 Å². The van der Waals surface area contributed by atoms with Gasteiger partial charge in [0.1, 0.15) is 0 Å². The van der Waals surface area contributed by atoms with Crippen LogP contribution in [0.15, 0.2) is 11.1 Å². The lowest BCUT2D eigenvalue weighted by molar-refractivity contribution is -0.122. The van der Waals surface area contributed by atoms with Crippen LogP contribution in [-0.2, 0) is 4.79 Å². The smallest absolute Gasteiger partial charge is 0.159 e. The fourth-order valence-electron chi connectivity index (χ4n) is 3.67. The number of rotatable bonds is 0. The molecule has 0 aromatic rings. The number of carbonyl (C=O) groups is 1. The Morgan fingerprint density at radius 1 is 1.31 bits per heavy atom. The lowest BCUT2D eigenvalue weighted by Crippen LogP contribution is -2.43. The van der Waals surface area contributed by atoms with E-state index in [4.69, 9.17) is 0 Å². The number of Topliss-reactive ketones (excluding diaryl/α,β-unsaturated/α-hetero) is 1. The normalized spacial score (nSPS) is 39.5. The van der Waals surface area contributed by atoms with Gasteiger partial charge in [-0.05, 0) is 49.5 Å². The second-order valence-electron chi connectivity index (χ2n) is 6.32. The molecule has 0 heterocycles. The highest BCUT2D eigenvalue weighted by atomic mass is 16.1. The summed E-state index contributed by atoms with van der Waals surface area (Å²) >= 11 is 0. The van der Waals surface area contributed by atoms with Gasteiger partial charge < -0.3 is 0 Å². The molecule has 2 saturated carbocycles. The highest BCUT2D eigenvalue weighted by Gasteiger charge is 2.46. The summed E-state index contributed by atoms with van der Waals surface area (Å²) in [6.07, 6.45) is 5.76. The minimum Gasteiger partial charge on any atom is -0.295 e. The zero-order valence-corrected chi connectivity index (χ0v) is 11.1. The van der Waals surface area contributed by atoms with Crippen molar-refractivity contribution in [1.29, 1.82) is 0 Å². The summed E-state index contributed by atoms with van der Waals surface area (Å²) in [5.74, 6) is 1.84. The summed E-state index contributed by atoms with van der Waals surface area (Å²) in [7, 11) is 0. The first-order valence-electron chi connectivity index (χ1n) is 6.64. The molecular weight excluding hydrogens is 196 g/mol. The Bertz CT molecular complexity index is 335. The van der Waals surface area contributed by atoms with Gasteiger partial charge in [0.05, 0.1) is 0 Å². The molecule has 2 aliphatic carbocycles. The van der Waals surface area contributed by atoms with Gasteiger partial charge in [-0.1, -0.05) is 32.3 Å². The van der Waals surface area contributed by atoms with Gasteiger partial charge in [-0.2, -0.15) is 0 Å². The molecule has 0 saturated heterocycles. The monoisotopic (exact) mass is 220 g/mol. The molecule has 1 heteroatoms. The van der Waals surface area contributed by atoms with Crippen molar-refractivity contribution in [3.05, 3.63) is 11.1 Å². The maximum absolute atomic E-state index is 12.1. The highest BCUT2D eigenvalue weighted by molar-refractivity contribution is 5.97. The van der Waals surface area contributed by atoms with Crippen molar-refractivity contribution in [3.63, 3.8) is 0 Å². The van der Waals surface area contributed by atoms with Crippen LogP contribution in [0.4, 0.5) is 0 Å². The molecule has 0 amide bonds. The van der Waals surface area contributed by atoms with Crippen molar-refractivity contribution in [2.75, 3.05) is 0 Å². The van der Waals surface area contributed by atoms with Crippen LogP contribution in [0.1, 0.15) is 59.8 Å². The molecule has 0 aromatic heterocycles. The van der Waals surface area contributed by atoms with Gasteiger partial charge in [0.2, 0.25) is 0 Å². The number of ketones is 1. The Labute approximate surface area is 99.3 Å². The largest absolute Gasteiger partial charge is 0.295 e. The van der Waals surface area contributed by atoms with E-state index in [0.29, 0.717) is 17.1 Å². The molecule has 16 heavy (non-hydrogen) atoms. The molecule has 3 atom stereocenters. The summed E-state index contributed by atoms with van der Waals surface area (Å²) in [4.78, 5) is 12.1. The van der Waals surface area contributed by atoms with Crippen molar-refractivity contribution in [1.82, 2.24) is 0 Å². The third-order valence-electron chi connectivity index (χ3n) is 5.18. The van der Waals surface area contributed by atoms with Crippen LogP contribution in [0.25, 0.3) is 0 Å². The van der Waals surface area contributed by atoms with E-state index in [1.807, 2.05) is 0 Å². The van der Waals surface area contributed by atoms with Gasteiger partial charge in [-0.15, -0.1) is 0 Å². The summed E-state index contributed by atoms with van der Waals surface area (Å²) in [6, 6.07) is 0. The van der Waals surface area contributed by atoms with Crippen molar-refractivity contribution < 1.29 is 4.79 Å². The molecule has 0 spiro atoms. The van der Waals surface area contributed by atoms with Crippen LogP contribution in [0.2, 0.25) is 0 Å². The Morgan fingerprint density at radius 2 is 2.00 bits per heavy atom. The third-order valence-corrected chi connectivity index (χ3v) is 5.18. The van der Waals surface area contributed by atoms with Crippen LogP contribution in [-0.4, -0.2) is 5.78 Å². The Balaban J connectivity index is 2.32. The molecule has 0 aromatic carbocycles. The van der Waals surface area contributed by atoms with E-state index in [-0.39, 0.29) is 0 Å². The summed E-state index contributed by atoms with van der Waals surface area (Å²) in [6.45, 7) is 8.97. The van der Waals surface area contributed by atoms with E-state index < -0.39 is 0 Å². The van der Waals surface area contributed by atoms with Gasteiger partial charge in [0.15, 0.2) is 5.78 Å². The van der Waals surface area contributed by atoms with E-state index in [1.54, 1.807) is 0 Å². The quantitative estimate of drug-likeness (QED) is 0.561. The molecule has 2 fully saturated rings. The zero-order chi connectivity index (χ0) is 11.9. The second kappa shape index (κ2) is 4.01. The molecule has 0 unspecified atom stereocenters. The van der Waals surface area contributed by atoms with Gasteiger partial charge in [-0.25, -0.2) is 0 Å². The van der Waals surface area contributed by atoms with Crippen molar-refractivity contribution >= 4 is 5.78 Å². The van der Waals surface area contributed by atoms with E-state index in [1.165, 1.54) is 24.8 Å². The predicted octanol–water partition coefficient (Wildman–Crippen LogP) is 4.13. The van der Waals surface area contributed by atoms with Crippen molar-refractivity contribution in [2.24, 2.45) is 17.3 Å². The maximum Gasteiger partial charge on any atom is 0.159 e. The average Bonchev–Trinajstić information content (AvgIpc) is 2.20. The third kappa shape index (κ3) is 1.74. The lowest BCUT2D eigenvalue weighted by Gasteiger charge is -2.49.